The zero-order valence-electron chi connectivity index (χ0n) is 16.2. The van der Waals surface area contributed by atoms with Gasteiger partial charge in [-0.3, -0.25) is 9.69 Å². The molecule has 1 amide bonds. The number of rotatable bonds is 5. The van der Waals surface area contributed by atoms with Gasteiger partial charge < -0.3 is 9.47 Å². The molecule has 0 aromatic heterocycles. The molecule has 0 unspecified atom stereocenters. The van der Waals surface area contributed by atoms with Crippen LogP contribution in [0.3, 0.4) is 0 Å². The highest BCUT2D eigenvalue weighted by molar-refractivity contribution is 6.37. The van der Waals surface area contributed by atoms with Crippen molar-refractivity contribution in [2.45, 2.75) is 13.8 Å². The number of anilines is 1. The highest BCUT2D eigenvalue weighted by Gasteiger charge is 2.38. The summed E-state index contributed by atoms with van der Waals surface area (Å²) in [5.41, 5.74) is 1.89. The predicted octanol–water partition coefficient (Wildman–Crippen LogP) is 5.27. The van der Waals surface area contributed by atoms with Gasteiger partial charge in [0.1, 0.15) is 5.75 Å². The molecule has 0 spiro atoms. The molecule has 1 aliphatic heterocycles. The van der Waals surface area contributed by atoms with E-state index >= 15 is 0 Å². The van der Waals surface area contributed by atoms with Crippen molar-refractivity contribution in [2.24, 2.45) is 0 Å². The van der Waals surface area contributed by atoms with Crippen LogP contribution >= 0.6 is 23.2 Å². The number of hydrogen-bond acceptors (Lipinski definition) is 4. The van der Waals surface area contributed by atoms with Crippen molar-refractivity contribution in [2.75, 3.05) is 18.6 Å². The maximum atomic E-state index is 13.3. The number of methoxy groups -OCH3 is 1. The number of amides is 1. The van der Waals surface area contributed by atoms with Crippen LogP contribution in [0.5, 0.6) is 5.75 Å². The standard InChI is InChI=1S/C22H19Cl2NO4/c1-4-29-22(27)20-13(2)25(14-8-10-15(28-3)11-9-14)21(26)17(20)12-16-18(23)6-5-7-19(16)24/h5-12H,4H2,1-3H3/b17-12-. The van der Waals surface area contributed by atoms with Gasteiger partial charge in [-0.1, -0.05) is 29.3 Å². The van der Waals surface area contributed by atoms with E-state index in [1.54, 1.807) is 63.4 Å². The monoisotopic (exact) mass is 431 g/mol. The van der Waals surface area contributed by atoms with Gasteiger partial charge in [0.2, 0.25) is 0 Å². The molecule has 0 fully saturated rings. The summed E-state index contributed by atoms with van der Waals surface area (Å²) in [5.74, 6) is -0.290. The Hall–Kier alpha value is -2.76. The normalized spacial score (nSPS) is 15.3. The minimum atomic E-state index is -0.580. The predicted molar refractivity (Wildman–Crippen MR) is 114 cm³/mol. The number of nitrogens with zero attached hydrogens (tertiary/aromatic N) is 1. The van der Waals surface area contributed by atoms with Gasteiger partial charge in [0.05, 0.1) is 24.9 Å². The Morgan fingerprint density at radius 2 is 1.72 bits per heavy atom. The van der Waals surface area contributed by atoms with E-state index in [-0.39, 0.29) is 23.7 Å². The molecule has 0 radical (unpaired) electrons. The molecule has 0 aliphatic carbocycles. The lowest BCUT2D eigenvalue weighted by molar-refractivity contribution is -0.138. The first kappa shape index (κ1) is 21.0. The molecule has 29 heavy (non-hydrogen) atoms. The average Bonchev–Trinajstić information content (AvgIpc) is 2.95. The molecule has 0 atom stereocenters. The molecule has 0 saturated heterocycles. The Morgan fingerprint density at radius 1 is 1.10 bits per heavy atom. The fourth-order valence-electron chi connectivity index (χ4n) is 3.12. The highest BCUT2D eigenvalue weighted by atomic mass is 35.5. The summed E-state index contributed by atoms with van der Waals surface area (Å²) < 4.78 is 10.4. The second-order valence-corrected chi connectivity index (χ2v) is 7.03. The lowest BCUT2D eigenvalue weighted by atomic mass is 10.0. The van der Waals surface area contributed by atoms with Gasteiger partial charge in [0.25, 0.3) is 5.91 Å². The third-order valence-corrected chi connectivity index (χ3v) is 5.16. The van der Waals surface area contributed by atoms with E-state index < -0.39 is 5.97 Å². The van der Waals surface area contributed by atoms with Gasteiger partial charge in [0.15, 0.2) is 0 Å². The maximum absolute atomic E-state index is 13.3. The molecule has 3 rings (SSSR count). The Balaban J connectivity index is 2.16. The van der Waals surface area contributed by atoms with Crippen molar-refractivity contribution >= 4 is 46.8 Å². The largest absolute Gasteiger partial charge is 0.497 e. The van der Waals surface area contributed by atoms with E-state index in [1.807, 2.05) is 0 Å². The summed E-state index contributed by atoms with van der Waals surface area (Å²) in [6, 6.07) is 12.0. The van der Waals surface area contributed by atoms with Gasteiger partial charge in [0, 0.05) is 27.0 Å². The molecular formula is C22H19Cl2NO4. The fourth-order valence-corrected chi connectivity index (χ4v) is 3.62. The topological polar surface area (TPSA) is 55.8 Å². The van der Waals surface area contributed by atoms with Crippen LogP contribution in [0.4, 0.5) is 5.69 Å². The second-order valence-electron chi connectivity index (χ2n) is 6.21. The number of ether oxygens (including phenoxy) is 2. The lowest BCUT2D eigenvalue weighted by Gasteiger charge is -2.18. The summed E-state index contributed by atoms with van der Waals surface area (Å²) >= 11 is 12.5. The quantitative estimate of drug-likeness (QED) is 0.477. The average molecular weight is 432 g/mol. The number of benzene rings is 2. The number of allylic oxidation sites excluding steroid dienone is 1. The summed E-state index contributed by atoms with van der Waals surface area (Å²) in [5, 5.41) is 0.753. The number of halogens is 2. The molecule has 2 aromatic carbocycles. The van der Waals surface area contributed by atoms with E-state index in [2.05, 4.69) is 0 Å². The molecule has 5 nitrogen and oxygen atoms in total. The summed E-state index contributed by atoms with van der Waals surface area (Å²) in [7, 11) is 1.56. The summed E-state index contributed by atoms with van der Waals surface area (Å²) in [4.78, 5) is 27.4. The van der Waals surface area contributed by atoms with Gasteiger partial charge in [-0.2, -0.15) is 0 Å². The minimum Gasteiger partial charge on any atom is -0.497 e. The summed E-state index contributed by atoms with van der Waals surface area (Å²) in [6.07, 6.45) is 1.53. The number of carbonyl (C=O) groups is 2. The second kappa shape index (κ2) is 8.72. The van der Waals surface area contributed by atoms with Crippen LogP contribution in [0.15, 0.2) is 59.3 Å². The molecule has 0 saturated carbocycles. The van der Waals surface area contributed by atoms with Gasteiger partial charge >= 0.3 is 5.97 Å². The number of carbonyl (C=O) groups excluding carboxylic acids is 2. The van der Waals surface area contributed by atoms with E-state index in [0.717, 1.165) is 0 Å². The first-order valence-corrected chi connectivity index (χ1v) is 9.67. The molecular weight excluding hydrogens is 413 g/mol. The number of hydrogen-bond donors (Lipinski definition) is 0. The van der Waals surface area contributed by atoms with E-state index in [1.165, 1.54) is 11.0 Å². The first-order chi connectivity index (χ1) is 13.9. The van der Waals surface area contributed by atoms with E-state index in [9.17, 15) is 9.59 Å². The Labute approximate surface area is 179 Å². The maximum Gasteiger partial charge on any atom is 0.340 e. The number of esters is 1. The van der Waals surface area contributed by atoms with Crippen LogP contribution in [-0.2, 0) is 14.3 Å². The Bertz CT molecular complexity index is 1010. The Kier molecular flexibility index (Phi) is 6.30. The fraction of sp³-hybridized carbons (Fsp3) is 0.182. The lowest BCUT2D eigenvalue weighted by Crippen LogP contribution is -2.24. The van der Waals surface area contributed by atoms with Crippen LogP contribution in [0.1, 0.15) is 19.4 Å². The molecule has 2 aromatic rings. The Morgan fingerprint density at radius 3 is 2.28 bits per heavy atom. The van der Waals surface area contributed by atoms with Crippen molar-refractivity contribution in [3.63, 3.8) is 0 Å². The van der Waals surface area contributed by atoms with Crippen molar-refractivity contribution in [3.05, 3.63) is 74.9 Å². The van der Waals surface area contributed by atoms with E-state index in [0.29, 0.717) is 32.7 Å². The van der Waals surface area contributed by atoms with Crippen molar-refractivity contribution < 1.29 is 19.1 Å². The van der Waals surface area contributed by atoms with Gasteiger partial charge in [-0.25, -0.2) is 4.79 Å². The molecule has 7 heteroatoms. The van der Waals surface area contributed by atoms with E-state index in [4.69, 9.17) is 32.7 Å². The van der Waals surface area contributed by atoms with Crippen molar-refractivity contribution in [1.82, 2.24) is 0 Å². The van der Waals surface area contributed by atoms with Gasteiger partial charge in [-0.15, -0.1) is 0 Å². The van der Waals surface area contributed by atoms with Crippen LogP contribution in [0.2, 0.25) is 10.0 Å². The molecule has 0 N–H and O–H groups in total. The third kappa shape index (κ3) is 4.02. The zero-order valence-corrected chi connectivity index (χ0v) is 17.7. The molecule has 0 bridgehead atoms. The van der Waals surface area contributed by atoms with Crippen LogP contribution < -0.4 is 9.64 Å². The van der Waals surface area contributed by atoms with Crippen LogP contribution in [0.25, 0.3) is 6.08 Å². The summed E-state index contributed by atoms with van der Waals surface area (Å²) in [6.45, 7) is 3.59. The van der Waals surface area contributed by atoms with Gasteiger partial charge in [-0.05, 0) is 56.3 Å². The van der Waals surface area contributed by atoms with Crippen molar-refractivity contribution in [3.8, 4) is 5.75 Å². The van der Waals surface area contributed by atoms with Crippen LogP contribution in [0, 0.1) is 0 Å². The highest BCUT2D eigenvalue weighted by Crippen LogP contribution is 2.37. The smallest absolute Gasteiger partial charge is 0.340 e. The molecule has 1 aliphatic rings. The molecule has 150 valence electrons. The van der Waals surface area contributed by atoms with Crippen molar-refractivity contribution in [1.29, 1.82) is 0 Å². The molecule has 1 heterocycles. The van der Waals surface area contributed by atoms with Crippen LogP contribution in [-0.4, -0.2) is 25.6 Å². The zero-order chi connectivity index (χ0) is 21.1. The minimum absolute atomic E-state index is 0.173. The first-order valence-electron chi connectivity index (χ1n) is 8.91. The SMILES string of the molecule is CCOC(=O)C1=C(C)N(c2ccc(OC)cc2)C(=O)/C1=C\c1c(Cl)cccc1Cl. The third-order valence-electron chi connectivity index (χ3n) is 4.50.